The highest BCUT2D eigenvalue weighted by Gasteiger charge is 2.29. The highest BCUT2D eigenvalue weighted by molar-refractivity contribution is 5.81. The van der Waals surface area contributed by atoms with Gasteiger partial charge in [-0.05, 0) is 31.9 Å². The van der Waals surface area contributed by atoms with Crippen molar-refractivity contribution < 1.29 is 4.79 Å². The molecule has 1 fully saturated rings. The number of hydrogen-bond acceptors (Lipinski definition) is 4. The number of nitrogens with two attached hydrogens (primary N) is 1. The summed E-state index contributed by atoms with van der Waals surface area (Å²) in [5.41, 5.74) is 6.23. The molecule has 0 aromatic carbocycles. The topological polar surface area (TPSA) is 80.4 Å². The van der Waals surface area contributed by atoms with Crippen molar-refractivity contribution in [1.82, 2.24) is 14.8 Å². The van der Waals surface area contributed by atoms with Gasteiger partial charge in [-0.2, -0.15) is 0 Å². The Morgan fingerprint density at radius 3 is 3.00 bits per heavy atom. The monoisotopic (exact) mass is 278 g/mol. The number of likely N-dealkylation sites (N-methyl/N-ethyl adjacent to an activating group) is 1. The lowest BCUT2D eigenvalue weighted by molar-refractivity contribution is -0.125. The maximum atomic E-state index is 11.7. The number of hydrogen-bond donors (Lipinski definition) is 2. The highest BCUT2D eigenvalue weighted by Crippen LogP contribution is 2.17. The fourth-order valence-corrected chi connectivity index (χ4v) is 2.73. The molecule has 2 heterocycles. The third-order valence-corrected chi connectivity index (χ3v) is 3.76. The molecule has 0 spiro atoms. The van der Waals surface area contributed by atoms with Gasteiger partial charge in [0.1, 0.15) is 0 Å². The van der Waals surface area contributed by atoms with Crippen LogP contribution in [0, 0.1) is 0 Å². The number of amides is 1. The predicted molar refractivity (Wildman–Crippen MR) is 78.4 cm³/mol. The van der Waals surface area contributed by atoms with Crippen molar-refractivity contribution in [2.75, 3.05) is 25.9 Å². The normalized spacial score (nSPS) is 19.1. The molecule has 6 nitrogen and oxygen atoms in total. The molecule has 0 radical (unpaired) electrons. The SMILES string of the molecule is CNC(=O)C1CCCN1CCCn1cc(N)ccc1=O. The molecule has 3 N–H and O–H groups in total. The fraction of sp³-hybridized carbons (Fsp3) is 0.571. The summed E-state index contributed by atoms with van der Waals surface area (Å²) in [7, 11) is 1.67. The largest absolute Gasteiger partial charge is 0.398 e. The van der Waals surface area contributed by atoms with Gasteiger partial charge in [-0.15, -0.1) is 0 Å². The smallest absolute Gasteiger partial charge is 0.250 e. The summed E-state index contributed by atoms with van der Waals surface area (Å²) >= 11 is 0. The highest BCUT2D eigenvalue weighted by atomic mass is 16.2. The van der Waals surface area contributed by atoms with E-state index in [1.165, 1.54) is 6.07 Å². The third-order valence-electron chi connectivity index (χ3n) is 3.76. The Morgan fingerprint density at radius 1 is 1.45 bits per heavy atom. The maximum Gasteiger partial charge on any atom is 0.250 e. The molecular formula is C14H22N4O2. The van der Waals surface area contributed by atoms with Crippen LogP contribution in [0.4, 0.5) is 5.69 Å². The summed E-state index contributed by atoms with van der Waals surface area (Å²) in [6, 6.07) is 3.08. The average Bonchev–Trinajstić information content (AvgIpc) is 2.90. The molecule has 0 aliphatic carbocycles. The van der Waals surface area contributed by atoms with Gasteiger partial charge in [0.25, 0.3) is 5.56 Å². The number of aromatic nitrogens is 1. The number of nitrogens with zero attached hydrogens (tertiary/aromatic N) is 2. The molecular weight excluding hydrogens is 256 g/mol. The van der Waals surface area contributed by atoms with Crippen molar-refractivity contribution in [2.45, 2.75) is 31.8 Å². The Hall–Kier alpha value is -1.82. The number of nitrogens with one attached hydrogen (secondary N) is 1. The molecule has 0 saturated carbocycles. The average molecular weight is 278 g/mol. The van der Waals surface area contributed by atoms with Crippen LogP contribution < -0.4 is 16.6 Å². The van der Waals surface area contributed by atoms with Gasteiger partial charge in [0.05, 0.1) is 6.04 Å². The van der Waals surface area contributed by atoms with Crippen LogP contribution in [-0.4, -0.2) is 41.6 Å². The molecule has 6 heteroatoms. The Labute approximate surface area is 118 Å². The Morgan fingerprint density at radius 2 is 2.25 bits per heavy atom. The molecule has 1 amide bonds. The first-order valence-electron chi connectivity index (χ1n) is 7.03. The van der Waals surface area contributed by atoms with E-state index in [4.69, 9.17) is 5.73 Å². The quantitative estimate of drug-likeness (QED) is 0.796. The number of nitrogen functional groups attached to an aromatic ring is 1. The summed E-state index contributed by atoms with van der Waals surface area (Å²) in [5.74, 6) is 0.0867. The van der Waals surface area contributed by atoms with Crippen molar-refractivity contribution in [3.8, 4) is 0 Å². The summed E-state index contributed by atoms with van der Waals surface area (Å²) < 4.78 is 1.63. The molecule has 1 aromatic heterocycles. The number of carbonyl (C=O) groups excluding carboxylic acids is 1. The molecule has 2 rings (SSSR count). The van der Waals surface area contributed by atoms with Gasteiger partial charge in [0.2, 0.25) is 5.91 Å². The molecule has 1 saturated heterocycles. The van der Waals surface area contributed by atoms with E-state index < -0.39 is 0 Å². The summed E-state index contributed by atoms with van der Waals surface area (Å²) in [4.78, 5) is 25.6. The van der Waals surface area contributed by atoms with Crippen molar-refractivity contribution >= 4 is 11.6 Å². The second-order valence-corrected chi connectivity index (χ2v) is 5.16. The maximum absolute atomic E-state index is 11.7. The standard InChI is InChI=1S/C14H22N4O2/c1-16-14(20)12-4-2-7-17(12)8-3-9-18-10-11(15)5-6-13(18)19/h5-6,10,12H,2-4,7-9,15H2,1H3,(H,16,20). The number of rotatable bonds is 5. The predicted octanol–water partition coefficient (Wildman–Crippen LogP) is 0.0310. The van der Waals surface area contributed by atoms with Gasteiger partial charge in [-0.3, -0.25) is 14.5 Å². The lowest BCUT2D eigenvalue weighted by Gasteiger charge is -2.23. The number of anilines is 1. The molecule has 1 atom stereocenters. The van der Waals surface area contributed by atoms with E-state index in [1.807, 2.05) is 0 Å². The first-order valence-corrected chi connectivity index (χ1v) is 7.03. The van der Waals surface area contributed by atoms with E-state index in [2.05, 4.69) is 10.2 Å². The Balaban J connectivity index is 1.88. The van der Waals surface area contributed by atoms with Gasteiger partial charge in [-0.1, -0.05) is 0 Å². The van der Waals surface area contributed by atoms with Crippen LogP contribution in [0.2, 0.25) is 0 Å². The van der Waals surface area contributed by atoms with Crippen molar-refractivity contribution in [3.63, 3.8) is 0 Å². The summed E-state index contributed by atoms with van der Waals surface area (Å²) in [6.07, 6.45) is 4.47. The first-order chi connectivity index (χ1) is 9.61. The van der Waals surface area contributed by atoms with E-state index in [0.29, 0.717) is 12.2 Å². The zero-order chi connectivity index (χ0) is 14.5. The Kier molecular flexibility index (Phi) is 4.79. The summed E-state index contributed by atoms with van der Waals surface area (Å²) in [6.45, 7) is 2.39. The number of likely N-dealkylation sites (tertiary alicyclic amines) is 1. The molecule has 1 aromatic rings. The summed E-state index contributed by atoms with van der Waals surface area (Å²) in [5, 5.41) is 2.71. The van der Waals surface area contributed by atoms with E-state index in [1.54, 1.807) is 23.9 Å². The second-order valence-electron chi connectivity index (χ2n) is 5.16. The number of aryl methyl sites for hydroxylation is 1. The lowest BCUT2D eigenvalue weighted by atomic mass is 10.2. The van der Waals surface area contributed by atoms with Gasteiger partial charge >= 0.3 is 0 Å². The van der Waals surface area contributed by atoms with E-state index in [9.17, 15) is 9.59 Å². The minimum absolute atomic E-state index is 0.0161. The zero-order valence-electron chi connectivity index (χ0n) is 11.8. The number of carbonyl (C=O) groups is 1. The van der Waals surface area contributed by atoms with Gasteiger partial charge in [0.15, 0.2) is 0 Å². The van der Waals surface area contributed by atoms with Crippen molar-refractivity contribution in [1.29, 1.82) is 0 Å². The van der Waals surface area contributed by atoms with E-state index in [-0.39, 0.29) is 17.5 Å². The fourth-order valence-electron chi connectivity index (χ4n) is 2.73. The Bertz CT molecular complexity index is 526. The van der Waals surface area contributed by atoms with Crippen molar-refractivity contribution in [3.05, 3.63) is 28.7 Å². The molecule has 0 bridgehead atoms. The van der Waals surface area contributed by atoms with Crippen molar-refractivity contribution in [2.24, 2.45) is 0 Å². The van der Waals surface area contributed by atoms with Crippen LogP contribution in [0.1, 0.15) is 19.3 Å². The molecule has 1 aliphatic heterocycles. The van der Waals surface area contributed by atoms with Crippen LogP contribution in [0.3, 0.4) is 0 Å². The molecule has 1 unspecified atom stereocenters. The third kappa shape index (κ3) is 3.39. The minimum atomic E-state index is -0.0385. The van der Waals surface area contributed by atoms with Crippen LogP contribution in [0.15, 0.2) is 23.1 Å². The van der Waals surface area contributed by atoms with Crippen LogP contribution in [-0.2, 0) is 11.3 Å². The second kappa shape index (κ2) is 6.56. The molecule has 1 aliphatic rings. The zero-order valence-corrected chi connectivity index (χ0v) is 11.8. The van der Waals surface area contributed by atoms with Gasteiger partial charge in [-0.25, -0.2) is 0 Å². The van der Waals surface area contributed by atoms with Gasteiger partial charge < -0.3 is 15.6 Å². The minimum Gasteiger partial charge on any atom is -0.398 e. The van der Waals surface area contributed by atoms with Crippen LogP contribution in [0.5, 0.6) is 0 Å². The first kappa shape index (κ1) is 14.6. The lowest BCUT2D eigenvalue weighted by Crippen LogP contribution is -2.42. The van der Waals surface area contributed by atoms with Crippen LogP contribution in [0.25, 0.3) is 0 Å². The van der Waals surface area contributed by atoms with Gasteiger partial charge in [0, 0.05) is 38.1 Å². The van der Waals surface area contributed by atoms with E-state index >= 15 is 0 Å². The number of pyridine rings is 1. The van der Waals surface area contributed by atoms with Crippen LogP contribution >= 0.6 is 0 Å². The van der Waals surface area contributed by atoms with E-state index in [0.717, 1.165) is 32.4 Å². The molecule has 110 valence electrons. The molecule has 20 heavy (non-hydrogen) atoms.